The maximum absolute atomic E-state index is 13.0. The lowest BCUT2D eigenvalue weighted by Crippen LogP contribution is -2.33. The third-order valence-electron chi connectivity index (χ3n) is 5.24. The smallest absolute Gasteiger partial charge is 0.233 e. The van der Waals surface area contributed by atoms with E-state index in [4.69, 9.17) is 4.74 Å². The summed E-state index contributed by atoms with van der Waals surface area (Å²) >= 11 is 2.90. The number of carbonyl (C=O) groups excluding carboxylic acids is 1. The van der Waals surface area contributed by atoms with Crippen molar-refractivity contribution in [3.8, 4) is 0 Å². The lowest BCUT2D eigenvalue weighted by Gasteiger charge is -2.29. The number of nitrogens with one attached hydrogen (secondary N) is 1. The predicted octanol–water partition coefficient (Wildman–Crippen LogP) is 4.47. The van der Waals surface area contributed by atoms with Crippen LogP contribution in [0.4, 0.5) is 5.13 Å². The fraction of sp³-hybridized carbons (Fsp3) is 0.348. The van der Waals surface area contributed by atoms with Gasteiger partial charge in [0.05, 0.1) is 17.9 Å². The van der Waals surface area contributed by atoms with E-state index in [1.165, 1.54) is 23.1 Å². The Morgan fingerprint density at radius 2 is 1.84 bits per heavy atom. The summed E-state index contributed by atoms with van der Waals surface area (Å²) in [6.07, 6.45) is 2.45. The quantitative estimate of drug-likeness (QED) is 0.481. The first-order valence-corrected chi connectivity index (χ1v) is 12.2. The fourth-order valence-electron chi connectivity index (χ4n) is 3.63. The molecule has 0 bridgehead atoms. The van der Waals surface area contributed by atoms with Gasteiger partial charge in [-0.1, -0.05) is 83.8 Å². The molecule has 162 valence electrons. The van der Waals surface area contributed by atoms with Crippen LogP contribution in [0.1, 0.15) is 30.0 Å². The van der Waals surface area contributed by atoms with Gasteiger partial charge in [-0.3, -0.25) is 4.79 Å². The normalized spacial score (nSPS) is 15.9. The Balaban J connectivity index is 1.37. The van der Waals surface area contributed by atoms with Crippen molar-refractivity contribution < 1.29 is 9.53 Å². The molecule has 1 aliphatic rings. The summed E-state index contributed by atoms with van der Waals surface area (Å²) in [6, 6.07) is 20.1. The number of carbonyl (C=O) groups is 1. The second-order valence-corrected chi connectivity index (χ2v) is 9.61. The first-order chi connectivity index (χ1) is 15.2. The van der Waals surface area contributed by atoms with E-state index in [0.717, 1.165) is 46.6 Å². The Bertz CT molecular complexity index is 922. The van der Waals surface area contributed by atoms with Crippen LogP contribution in [0.15, 0.2) is 65.0 Å². The molecule has 0 radical (unpaired) electrons. The second-order valence-electron chi connectivity index (χ2n) is 7.41. The molecule has 1 amide bonds. The average molecular weight is 455 g/mol. The molecule has 1 aromatic heterocycles. The van der Waals surface area contributed by atoms with Crippen molar-refractivity contribution in [1.82, 2.24) is 15.1 Å². The van der Waals surface area contributed by atoms with Gasteiger partial charge in [0.1, 0.15) is 0 Å². The predicted molar refractivity (Wildman–Crippen MR) is 126 cm³/mol. The molecule has 2 heterocycles. The molecule has 1 unspecified atom stereocenters. The molecule has 0 saturated carbocycles. The Morgan fingerprint density at radius 3 is 2.45 bits per heavy atom. The highest BCUT2D eigenvalue weighted by atomic mass is 32.2. The van der Waals surface area contributed by atoms with Crippen LogP contribution < -0.4 is 5.32 Å². The van der Waals surface area contributed by atoms with Crippen molar-refractivity contribution in [3.63, 3.8) is 0 Å². The van der Waals surface area contributed by atoms with Crippen LogP contribution in [0.3, 0.4) is 0 Å². The van der Waals surface area contributed by atoms with Gasteiger partial charge in [0, 0.05) is 20.2 Å². The molecule has 0 aliphatic carbocycles. The lowest BCUT2D eigenvalue weighted by molar-refractivity contribution is -0.128. The number of thioether (sulfide) groups is 1. The molecule has 1 atom stereocenters. The molecule has 1 N–H and O–H groups in total. The van der Waals surface area contributed by atoms with Gasteiger partial charge < -0.3 is 15.0 Å². The SMILES string of the molecule is CN(C(=O)CSc1nnc(NCC2CCCO2)s1)C(c1ccccc1)c1ccccc1. The van der Waals surface area contributed by atoms with Gasteiger partial charge in [-0.15, -0.1) is 10.2 Å². The van der Waals surface area contributed by atoms with Crippen LogP contribution in [0.2, 0.25) is 0 Å². The summed E-state index contributed by atoms with van der Waals surface area (Å²) in [6.45, 7) is 1.59. The van der Waals surface area contributed by atoms with Crippen LogP contribution >= 0.6 is 23.1 Å². The zero-order chi connectivity index (χ0) is 21.5. The van der Waals surface area contributed by atoms with Gasteiger partial charge in [-0.05, 0) is 24.0 Å². The molecule has 6 nitrogen and oxygen atoms in total. The molecule has 3 aromatic rings. The van der Waals surface area contributed by atoms with Gasteiger partial charge >= 0.3 is 0 Å². The third-order valence-corrected chi connectivity index (χ3v) is 7.24. The Labute approximate surface area is 191 Å². The first-order valence-electron chi connectivity index (χ1n) is 10.4. The molecule has 31 heavy (non-hydrogen) atoms. The number of aromatic nitrogens is 2. The van der Waals surface area contributed by atoms with Crippen molar-refractivity contribution in [2.24, 2.45) is 0 Å². The molecular weight excluding hydrogens is 428 g/mol. The number of amides is 1. The lowest BCUT2D eigenvalue weighted by atomic mass is 9.97. The number of benzene rings is 2. The Morgan fingerprint density at radius 1 is 1.16 bits per heavy atom. The maximum atomic E-state index is 13.0. The second kappa shape index (κ2) is 10.7. The molecule has 1 aliphatic heterocycles. The minimum atomic E-state index is -0.131. The highest BCUT2D eigenvalue weighted by Gasteiger charge is 2.24. The number of ether oxygens (including phenoxy) is 1. The van der Waals surface area contributed by atoms with E-state index in [0.29, 0.717) is 5.75 Å². The molecule has 1 fully saturated rings. The standard InChI is InChI=1S/C23H26N4O2S2/c1-27(21(17-9-4-2-5-10-17)18-11-6-3-7-12-18)20(28)16-30-23-26-25-22(31-23)24-15-19-13-8-14-29-19/h2-7,9-12,19,21H,8,13-16H2,1H3,(H,24,25). The fourth-order valence-corrected chi connectivity index (χ4v) is 5.31. The van der Waals surface area contributed by atoms with Crippen LogP contribution in [0, 0.1) is 0 Å². The minimum absolute atomic E-state index is 0.0479. The highest BCUT2D eigenvalue weighted by molar-refractivity contribution is 8.01. The number of hydrogen-bond donors (Lipinski definition) is 1. The first kappa shape index (κ1) is 21.8. The zero-order valence-electron chi connectivity index (χ0n) is 17.4. The molecule has 1 saturated heterocycles. The summed E-state index contributed by atoms with van der Waals surface area (Å²) in [4.78, 5) is 14.9. The van der Waals surface area contributed by atoms with Crippen LogP contribution in [-0.4, -0.2) is 53.1 Å². The minimum Gasteiger partial charge on any atom is -0.376 e. The van der Waals surface area contributed by atoms with Gasteiger partial charge in [0.15, 0.2) is 4.34 Å². The maximum Gasteiger partial charge on any atom is 0.233 e. The molecule has 4 rings (SSSR count). The summed E-state index contributed by atoms with van der Waals surface area (Å²) in [5.74, 6) is 0.360. The van der Waals surface area contributed by atoms with Gasteiger partial charge in [-0.25, -0.2) is 0 Å². The molecular formula is C23H26N4O2S2. The monoisotopic (exact) mass is 454 g/mol. The van der Waals surface area contributed by atoms with E-state index in [2.05, 4.69) is 39.8 Å². The van der Waals surface area contributed by atoms with E-state index in [1.807, 2.05) is 48.3 Å². The number of anilines is 1. The summed E-state index contributed by atoms with van der Waals surface area (Å²) in [5, 5.41) is 12.5. The Kier molecular flexibility index (Phi) is 7.56. The largest absolute Gasteiger partial charge is 0.376 e. The topological polar surface area (TPSA) is 67.4 Å². The summed E-state index contributed by atoms with van der Waals surface area (Å²) < 4.78 is 6.41. The van der Waals surface area contributed by atoms with Crippen molar-refractivity contribution in [2.45, 2.75) is 29.3 Å². The van der Waals surface area contributed by atoms with Crippen molar-refractivity contribution in [3.05, 3.63) is 71.8 Å². The van der Waals surface area contributed by atoms with Crippen LogP contribution in [0.5, 0.6) is 0 Å². The van der Waals surface area contributed by atoms with Crippen LogP contribution in [0.25, 0.3) is 0 Å². The number of hydrogen-bond acceptors (Lipinski definition) is 7. The van der Waals surface area contributed by atoms with E-state index in [1.54, 1.807) is 0 Å². The Hall–Kier alpha value is -2.42. The zero-order valence-corrected chi connectivity index (χ0v) is 19.1. The molecule has 0 spiro atoms. The van der Waals surface area contributed by atoms with Crippen molar-refractivity contribution in [2.75, 3.05) is 31.3 Å². The molecule has 8 heteroatoms. The highest BCUT2D eigenvalue weighted by Crippen LogP contribution is 2.30. The number of rotatable bonds is 9. The van der Waals surface area contributed by atoms with Crippen molar-refractivity contribution in [1.29, 1.82) is 0 Å². The van der Waals surface area contributed by atoms with E-state index in [9.17, 15) is 4.79 Å². The summed E-state index contributed by atoms with van der Waals surface area (Å²) in [7, 11) is 1.86. The van der Waals surface area contributed by atoms with E-state index in [-0.39, 0.29) is 18.1 Å². The van der Waals surface area contributed by atoms with E-state index < -0.39 is 0 Å². The third kappa shape index (κ3) is 5.84. The average Bonchev–Trinajstić information content (AvgIpc) is 3.49. The molecule has 2 aromatic carbocycles. The number of nitrogens with zero attached hydrogens (tertiary/aromatic N) is 3. The van der Waals surface area contributed by atoms with Crippen molar-refractivity contribution >= 4 is 34.1 Å². The van der Waals surface area contributed by atoms with E-state index >= 15 is 0 Å². The van der Waals surface area contributed by atoms with Crippen LogP contribution in [-0.2, 0) is 9.53 Å². The summed E-state index contributed by atoms with van der Waals surface area (Å²) in [5.41, 5.74) is 2.18. The van der Waals surface area contributed by atoms with Gasteiger partial charge in [0.2, 0.25) is 11.0 Å². The van der Waals surface area contributed by atoms with Gasteiger partial charge in [0.25, 0.3) is 0 Å². The van der Waals surface area contributed by atoms with Gasteiger partial charge in [-0.2, -0.15) is 0 Å².